The Morgan fingerprint density at radius 1 is 1.35 bits per heavy atom. The van der Waals surface area contributed by atoms with Crippen molar-refractivity contribution in [2.45, 2.75) is 38.6 Å². The molecule has 180 valence electrons. The number of nitrogens with one attached hydrogen (secondary N) is 1. The Hall–Kier alpha value is -3.99. The van der Waals surface area contributed by atoms with Crippen LogP contribution < -0.4 is 16.9 Å². The van der Waals surface area contributed by atoms with Gasteiger partial charge in [0.1, 0.15) is 11.4 Å². The second kappa shape index (κ2) is 9.48. The van der Waals surface area contributed by atoms with Gasteiger partial charge in [0.05, 0.1) is 23.8 Å². The molecule has 0 saturated heterocycles. The summed E-state index contributed by atoms with van der Waals surface area (Å²) >= 11 is 0. The zero-order valence-electron chi connectivity index (χ0n) is 20.0. The molecule has 3 rings (SSSR count). The highest BCUT2D eigenvalue weighted by molar-refractivity contribution is 6.09. The molecule has 1 aliphatic rings. The number of hydrogen-bond donors (Lipinski definition) is 3. The molecule has 5 N–H and O–H groups in total. The summed E-state index contributed by atoms with van der Waals surface area (Å²) in [4.78, 5) is 25.2. The molecule has 0 saturated carbocycles. The van der Waals surface area contributed by atoms with Crippen molar-refractivity contribution >= 4 is 23.3 Å². The van der Waals surface area contributed by atoms with Crippen LogP contribution in [0.4, 0.5) is 0 Å². The number of nitrogens with zero attached hydrogens (tertiary/aromatic N) is 5. The minimum atomic E-state index is -0.898. The number of pyridine rings is 1. The number of aliphatic imine (C=N–C) groups is 1. The van der Waals surface area contributed by atoms with Crippen LogP contribution in [0.5, 0.6) is 0 Å². The monoisotopic (exact) mass is 466 g/mol. The molecule has 0 unspecified atom stereocenters. The molecule has 11 heteroatoms. The molecule has 34 heavy (non-hydrogen) atoms. The lowest BCUT2D eigenvalue weighted by atomic mass is 9.84. The Balaban J connectivity index is 1.81. The van der Waals surface area contributed by atoms with E-state index in [-0.39, 0.29) is 11.8 Å². The van der Waals surface area contributed by atoms with Crippen molar-refractivity contribution in [3.05, 3.63) is 66.1 Å². The lowest BCUT2D eigenvalue weighted by Gasteiger charge is -2.32. The van der Waals surface area contributed by atoms with Crippen LogP contribution in [0.25, 0.3) is 11.1 Å². The van der Waals surface area contributed by atoms with Crippen molar-refractivity contribution in [1.82, 2.24) is 25.6 Å². The largest absolute Gasteiger partial charge is 0.467 e. The van der Waals surface area contributed by atoms with Crippen molar-refractivity contribution in [3.8, 4) is 0 Å². The molecule has 1 aliphatic heterocycles. The minimum Gasteiger partial charge on any atom is -0.467 e. The number of hydrazine groups is 1. The van der Waals surface area contributed by atoms with Crippen molar-refractivity contribution in [1.29, 1.82) is 0 Å². The van der Waals surface area contributed by atoms with Crippen LogP contribution in [0.2, 0.25) is 0 Å². The number of methoxy groups -OCH3 is 1. The van der Waals surface area contributed by atoms with Crippen molar-refractivity contribution < 1.29 is 14.1 Å². The first-order chi connectivity index (χ1) is 16.0. The van der Waals surface area contributed by atoms with Gasteiger partial charge in [0.2, 0.25) is 0 Å². The van der Waals surface area contributed by atoms with Gasteiger partial charge in [0.25, 0.3) is 5.89 Å². The summed E-state index contributed by atoms with van der Waals surface area (Å²) in [5.74, 6) is 0.677. The van der Waals surface area contributed by atoms with E-state index in [0.717, 1.165) is 11.1 Å². The third-order valence-corrected chi connectivity index (χ3v) is 5.60. The molecule has 2 aromatic rings. The number of ether oxygens (including phenoxy) is 1. The van der Waals surface area contributed by atoms with E-state index in [0.29, 0.717) is 29.5 Å². The highest BCUT2D eigenvalue weighted by atomic mass is 16.5. The first-order valence-electron chi connectivity index (χ1n) is 10.5. The fourth-order valence-corrected chi connectivity index (χ4v) is 3.27. The summed E-state index contributed by atoms with van der Waals surface area (Å²) in [6, 6.07) is 3.75. The van der Waals surface area contributed by atoms with Crippen LogP contribution in [0, 0.1) is 0 Å². The number of carbonyl (C=O) groups excluding carboxylic acids is 1. The highest BCUT2D eigenvalue weighted by Crippen LogP contribution is 2.31. The van der Waals surface area contributed by atoms with Crippen molar-refractivity contribution in [2.24, 2.45) is 16.5 Å². The van der Waals surface area contributed by atoms with E-state index in [2.05, 4.69) is 32.1 Å². The highest BCUT2D eigenvalue weighted by Gasteiger charge is 2.38. The number of allylic oxidation sites excluding steroid dienone is 1. The van der Waals surface area contributed by atoms with Gasteiger partial charge in [-0.15, -0.1) is 0 Å². The van der Waals surface area contributed by atoms with Crippen LogP contribution in [0.1, 0.15) is 50.7 Å². The van der Waals surface area contributed by atoms with E-state index in [9.17, 15) is 4.79 Å². The van der Waals surface area contributed by atoms with Gasteiger partial charge in [-0.3, -0.25) is 9.99 Å². The molecular formula is C23H30N8O3. The number of esters is 1. The average Bonchev–Trinajstić information content (AvgIpc) is 3.49. The molecule has 0 fully saturated rings. The van der Waals surface area contributed by atoms with Gasteiger partial charge in [-0.05, 0) is 39.3 Å². The molecular weight excluding hydrogens is 436 g/mol. The molecule has 2 aromatic heterocycles. The average molecular weight is 467 g/mol. The Morgan fingerprint density at radius 3 is 2.68 bits per heavy atom. The second-order valence-electron chi connectivity index (χ2n) is 8.76. The Morgan fingerprint density at radius 2 is 2.09 bits per heavy atom. The molecule has 11 nitrogen and oxygen atoms in total. The smallest absolute Gasteiger partial charge is 0.332 e. The van der Waals surface area contributed by atoms with Gasteiger partial charge in [-0.2, -0.15) is 4.98 Å². The number of carbonyl (C=O) groups is 1. The lowest BCUT2D eigenvalue weighted by Crippen LogP contribution is -2.52. The van der Waals surface area contributed by atoms with E-state index in [1.165, 1.54) is 19.5 Å². The van der Waals surface area contributed by atoms with Crippen LogP contribution in [-0.4, -0.2) is 51.5 Å². The second-order valence-corrected chi connectivity index (χ2v) is 8.76. The number of hydrogen-bond acceptors (Lipinski definition) is 11. The van der Waals surface area contributed by atoms with E-state index < -0.39 is 11.0 Å². The minimum absolute atomic E-state index is 0.176. The normalized spacial score (nSPS) is 15.0. The predicted octanol–water partition coefficient (Wildman–Crippen LogP) is 1.70. The van der Waals surface area contributed by atoms with E-state index >= 15 is 0 Å². The molecule has 0 atom stereocenters. The van der Waals surface area contributed by atoms with Crippen LogP contribution >= 0.6 is 0 Å². The predicted molar refractivity (Wildman–Crippen MR) is 129 cm³/mol. The SMILES string of the molecule is C=C(N)N=C/C(=C\N)c1ccc(C(C)(C)c2noc(C3=CN(C(C)(C)C(=O)OC)NC3)n2)cn1. The van der Waals surface area contributed by atoms with Gasteiger partial charge in [0.15, 0.2) is 5.82 Å². The lowest BCUT2D eigenvalue weighted by molar-refractivity contribution is -0.152. The Labute approximate surface area is 198 Å². The summed E-state index contributed by atoms with van der Waals surface area (Å²) in [7, 11) is 1.36. The quantitative estimate of drug-likeness (QED) is 0.386. The van der Waals surface area contributed by atoms with E-state index in [1.54, 1.807) is 31.3 Å². The van der Waals surface area contributed by atoms with Crippen LogP contribution in [0.15, 0.2) is 52.6 Å². The van der Waals surface area contributed by atoms with Crippen molar-refractivity contribution in [3.63, 3.8) is 0 Å². The zero-order valence-corrected chi connectivity index (χ0v) is 20.0. The summed E-state index contributed by atoms with van der Waals surface area (Å²) in [5, 5.41) is 5.88. The van der Waals surface area contributed by atoms with Gasteiger partial charge < -0.3 is 20.7 Å². The Bertz CT molecular complexity index is 1160. The topological polar surface area (TPSA) is 158 Å². The van der Waals surface area contributed by atoms with Gasteiger partial charge >= 0.3 is 5.97 Å². The number of nitrogens with two attached hydrogens (primary N) is 2. The fraction of sp³-hybridized carbons (Fsp3) is 0.348. The maximum atomic E-state index is 12.1. The molecule has 0 radical (unpaired) electrons. The first kappa shape index (κ1) is 24.6. The summed E-state index contributed by atoms with van der Waals surface area (Å²) < 4.78 is 10.4. The summed E-state index contributed by atoms with van der Waals surface area (Å²) in [6.45, 7) is 11.4. The van der Waals surface area contributed by atoms with Crippen LogP contribution in [-0.2, 0) is 14.9 Å². The summed E-state index contributed by atoms with van der Waals surface area (Å²) in [5.41, 5.74) is 15.7. The standard InChI is InChI=1S/C23H30N8O3/c1-14(25)26-10-15(9-24)18-8-7-17(12-27-18)22(2,3)20-29-19(34-30-20)16-11-28-31(13-16)23(4,5)21(32)33-6/h7-10,12-13,28H,1,11,24-25H2,2-6H3/b15-9+,26-10?. The van der Waals surface area contributed by atoms with Crippen molar-refractivity contribution in [2.75, 3.05) is 13.7 Å². The first-order valence-corrected chi connectivity index (χ1v) is 10.5. The van der Waals surface area contributed by atoms with Crippen LogP contribution in [0.3, 0.4) is 0 Å². The molecule has 0 amide bonds. The maximum Gasteiger partial charge on any atom is 0.332 e. The Kier molecular flexibility index (Phi) is 6.87. The maximum absolute atomic E-state index is 12.1. The molecule has 0 aromatic carbocycles. The van der Waals surface area contributed by atoms with E-state index in [4.69, 9.17) is 20.7 Å². The summed E-state index contributed by atoms with van der Waals surface area (Å²) in [6.07, 6.45) is 6.42. The molecule has 0 bridgehead atoms. The molecule has 3 heterocycles. The fourth-order valence-electron chi connectivity index (χ4n) is 3.27. The number of aromatic nitrogens is 3. The van der Waals surface area contributed by atoms with Gasteiger partial charge in [-0.25, -0.2) is 15.2 Å². The van der Waals surface area contributed by atoms with Gasteiger partial charge in [0, 0.05) is 36.9 Å². The molecule has 0 aliphatic carbocycles. The van der Waals surface area contributed by atoms with Gasteiger partial charge in [-0.1, -0.05) is 17.8 Å². The third kappa shape index (κ3) is 4.84. The third-order valence-electron chi connectivity index (χ3n) is 5.60. The number of rotatable bonds is 8. The zero-order chi connectivity index (χ0) is 25.1. The molecule has 0 spiro atoms. The van der Waals surface area contributed by atoms with E-state index in [1.807, 2.05) is 26.0 Å².